The van der Waals surface area contributed by atoms with Gasteiger partial charge in [0.1, 0.15) is 11.4 Å². The van der Waals surface area contributed by atoms with Gasteiger partial charge in [0.15, 0.2) is 17.4 Å². The van der Waals surface area contributed by atoms with Gasteiger partial charge in [0.05, 0.1) is 11.4 Å². The molecule has 3 N–H and O–H groups in total. The number of nitrogens with zero attached hydrogens (tertiary/aromatic N) is 1. The molecule has 0 saturated carbocycles. The fraction of sp³-hybridized carbons (Fsp3) is 0.292. The van der Waals surface area contributed by atoms with Gasteiger partial charge in [-0.25, -0.2) is 18.0 Å². The highest BCUT2D eigenvalue weighted by Crippen LogP contribution is 2.38. The van der Waals surface area contributed by atoms with E-state index < -0.39 is 52.4 Å². The van der Waals surface area contributed by atoms with Crippen molar-refractivity contribution in [1.29, 1.82) is 0 Å². The van der Waals surface area contributed by atoms with E-state index in [4.69, 9.17) is 0 Å². The number of halogens is 3. The van der Waals surface area contributed by atoms with E-state index >= 15 is 4.39 Å². The molecule has 0 spiro atoms. The summed E-state index contributed by atoms with van der Waals surface area (Å²) >= 11 is 0. The zero-order valence-corrected chi connectivity index (χ0v) is 18.9. The molecule has 34 heavy (non-hydrogen) atoms. The molecule has 0 fully saturated rings. The number of carboxylic acids is 1. The van der Waals surface area contributed by atoms with E-state index in [9.17, 15) is 33.4 Å². The fourth-order valence-electron chi connectivity index (χ4n) is 3.86. The van der Waals surface area contributed by atoms with E-state index in [0.29, 0.717) is 0 Å². The minimum absolute atomic E-state index is 0.0457. The van der Waals surface area contributed by atoms with Crippen LogP contribution in [0.2, 0.25) is 0 Å². The van der Waals surface area contributed by atoms with Gasteiger partial charge in [-0.2, -0.15) is 0 Å². The van der Waals surface area contributed by atoms with Gasteiger partial charge in [-0.1, -0.05) is 13.0 Å². The topological polar surface area (TPSA) is 109 Å². The lowest BCUT2D eigenvalue weighted by molar-refractivity contribution is -0.147. The SMILES string of the molecule is CCC(C)(NC(=O)[C@H](C)c1c(C)n(C(=O)c2cccc(F)c2)c2cc(F)c(O)c(F)c12)C(=O)O. The van der Waals surface area contributed by atoms with Crippen LogP contribution in [0.1, 0.15) is 54.7 Å². The van der Waals surface area contributed by atoms with Crippen LogP contribution in [0, 0.1) is 24.4 Å². The number of aromatic nitrogens is 1. The first kappa shape index (κ1) is 24.8. The van der Waals surface area contributed by atoms with E-state index in [-0.39, 0.29) is 34.1 Å². The van der Waals surface area contributed by atoms with Crippen molar-refractivity contribution in [3.63, 3.8) is 0 Å². The van der Waals surface area contributed by atoms with Crippen molar-refractivity contribution in [3.05, 3.63) is 64.6 Å². The molecule has 3 rings (SSSR count). The van der Waals surface area contributed by atoms with E-state index in [1.165, 1.54) is 32.9 Å². The number of rotatable bonds is 6. The largest absolute Gasteiger partial charge is 0.503 e. The summed E-state index contributed by atoms with van der Waals surface area (Å²) in [5.41, 5.74) is -1.99. The summed E-state index contributed by atoms with van der Waals surface area (Å²) in [6.07, 6.45) is 0.0555. The summed E-state index contributed by atoms with van der Waals surface area (Å²) in [4.78, 5) is 37.8. The van der Waals surface area contributed by atoms with Gasteiger partial charge in [0.25, 0.3) is 5.91 Å². The average molecular weight is 476 g/mol. The summed E-state index contributed by atoms with van der Waals surface area (Å²) < 4.78 is 44.0. The van der Waals surface area contributed by atoms with Crippen LogP contribution >= 0.6 is 0 Å². The molecule has 2 atom stereocenters. The van der Waals surface area contributed by atoms with Crippen LogP contribution in [0.3, 0.4) is 0 Å². The molecule has 10 heteroatoms. The maximum Gasteiger partial charge on any atom is 0.329 e. The lowest BCUT2D eigenvalue weighted by Gasteiger charge is -2.26. The minimum Gasteiger partial charge on any atom is -0.503 e. The van der Waals surface area contributed by atoms with Gasteiger partial charge in [-0.3, -0.25) is 14.2 Å². The molecule has 180 valence electrons. The Hall–Kier alpha value is -3.82. The number of hydrogen-bond acceptors (Lipinski definition) is 4. The standard InChI is InChI=1S/C24H23F3N2O5/c1-5-24(4,23(33)34)28-21(31)11(2)17-12(3)29(22(32)13-7-6-8-14(25)9-13)16-10-15(26)20(30)19(27)18(16)17/h6-11,30H,5H2,1-4H3,(H,28,31)(H,33,34)/t11-,24?/m1/s1. The number of hydrogen-bond donors (Lipinski definition) is 3. The van der Waals surface area contributed by atoms with Crippen LogP contribution in [0.25, 0.3) is 10.9 Å². The highest BCUT2D eigenvalue weighted by Gasteiger charge is 2.36. The van der Waals surface area contributed by atoms with Crippen molar-refractivity contribution < 1.29 is 37.8 Å². The number of phenolic OH excluding ortho intramolecular Hbond substituents is 1. The number of carbonyl (C=O) groups excluding carboxylic acids is 2. The molecule has 1 unspecified atom stereocenters. The van der Waals surface area contributed by atoms with Gasteiger partial charge in [-0.15, -0.1) is 0 Å². The molecule has 3 aromatic rings. The van der Waals surface area contributed by atoms with Crippen molar-refractivity contribution in [2.24, 2.45) is 0 Å². The predicted octanol–water partition coefficient (Wildman–Crippen LogP) is 4.23. The second kappa shape index (κ2) is 8.85. The number of aromatic hydroxyl groups is 1. The van der Waals surface area contributed by atoms with Crippen LogP contribution < -0.4 is 5.32 Å². The summed E-state index contributed by atoms with van der Waals surface area (Å²) in [6, 6.07) is 5.44. The highest BCUT2D eigenvalue weighted by atomic mass is 19.1. The Labute approximate surface area is 192 Å². The summed E-state index contributed by atoms with van der Waals surface area (Å²) in [6.45, 7) is 5.63. The molecular weight excluding hydrogens is 453 g/mol. The van der Waals surface area contributed by atoms with Crippen LogP contribution in [0.15, 0.2) is 30.3 Å². The van der Waals surface area contributed by atoms with Crippen LogP contribution in [-0.2, 0) is 9.59 Å². The Kier molecular flexibility index (Phi) is 6.46. The zero-order valence-electron chi connectivity index (χ0n) is 18.9. The normalized spacial score (nSPS) is 14.0. The molecule has 0 aliphatic rings. The number of phenols is 1. The Balaban J connectivity index is 2.26. The monoisotopic (exact) mass is 476 g/mol. The molecular formula is C24H23F3N2O5. The Morgan fingerprint density at radius 3 is 2.38 bits per heavy atom. The van der Waals surface area contributed by atoms with Crippen LogP contribution in [0.5, 0.6) is 5.75 Å². The lowest BCUT2D eigenvalue weighted by atomic mass is 9.93. The van der Waals surface area contributed by atoms with Crippen molar-refractivity contribution in [1.82, 2.24) is 9.88 Å². The molecule has 7 nitrogen and oxygen atoms in total. The van der Waals surface area contributed by atoms with E-state index in [1.807, 2.05) is 0 Å². The maximum absolute atomic E-state index is 15.1. The highest BCUT2D eigenvalue weighted by molar-refractivity contribution is 6.06. The third-order valence-corrected chi connectivity index (χ3v) is 6.09. The molecule has 0 radical (unpaired) electrons. The first-order chi connectivity index (χ1) is 15.8. The Bertz CT molecular complexity index is 1330. The number of carbonyl (C=O) groups is 3. The molecule has 0 bridgehead atoms. The van der Waals surface area contributed by atoms with Gasteiger partial charge < -0.3 is 15.5 Å². The molecule has 1 heterocycles. The number of nitrogens with one attached hydrogen (secondary N) is 1. The third kappa shape index (κ3) is 4.00. The van der Waals surface area contributed by atoms with E-state index in [1.54, 1.807) is 6.92 Å². The molecule has 0 aliphatic carbocycles. The third-order valence-electron chi connectivity index (χ3n) is 6.09. The Morgan fingerprint density at radius 1 is 1.18 bits per heavy atom. The van der Waals surface area contributed by atoms with Crippen molar-refractivity contribution in [3.8, 4) is 5.75 Å². The second-order valence-electron chi connectivity index (χ2n) is 8.27. The molecule has 2 aromatic carbocycles. The lowest BCUT2D eigenvalue weighted by Crippen LogP contribution is -2.52. The van der Waals surface area contributed by atoms with Crippen LogP contribution in [-0.4, -0.2) is 38.1 Å². The van der Waals surface area contributed by atoms with Crippen molar-refractivity contribution in [2.45, 2.75) is 45.6 Å². The Morgan fingerprint density at radius 2 is 1.82 bits per heavy atom. The predicted molar refractivity (Wildman–Crippen MR) is 117 cm³/mol. The molecule has 0 aliphatic heterocycles. The first-order valence-corrected chi connectivity index (χ1v) is 10.4. The summed E-state index contributed by atoms with van der Waals surface area (Å²) in [5.74, 6) is -8.77. The van der Waals surface area contributed by atoms with Gasteiger partial charge in [0, 0.05) is 22.7 Å². The summed E-state index contributed by atoms with van der Waals surface area (Å²) in [5, 5.41) is 21.4. The van der Waals surface area contributed by atoms with E-state index in [0.717, 1.165) is 22.8 Å². The number of amides is 1. The second-order valence-corrected chi connectivity index (χ2v) is 8.27. The van der Waals surface area contributed by atoms with Gasteiger partial charge in [-0.05, 0) is 51.0 Å². The van der Waals surface area contributed by atoms with Crippen LogP contribution in [0.4, 0.5) is 13.2 Å². The first-order valence-electron chi connectivity index (χ1n) is 10.4. The molecule has 1 aromatic heterocycles. The van der Waals surface area contributed by atoms with Gasteiger partial charge >= 0.3 is 5.97 Å². The van der Waals surface area contributed by atoms with E-state index in [2.05, 4.69) is 5.32 Å². The zero-order chi connectivity index (χ0) is 25.5. The number of aliphatic carboxylic acids is 1. The average Bonchev–Trinajstić information content (AvgIpc) is 3.07. The fourth-order valence-corrected chi connectivity index (χ4v) is 3.86. The number of carboxylic acid groups (broad SMARTS) is 1. The van der Waals surface area contributed by atoms with Crippen molar-refractivity contribution >= 4 is 28.7 Å². The quantitative estimate of drug-likeness (QED) is 0.493. The smallest absolute Gasteiger partial charge is 0.329 e. The molecule has 1 amide bonds. The summed E-state index contributed by atoms with van der Waals surface area (Å²) in [7, 11) is 0. The number of fused-ring (bicyclic) bond motifs is 1. The van der Waals surface area contributed by atoms with Crippen molar-refractivity contribution in [2.75, 3.05) is 0 Å². The maximum atomic E-state index is 15.1. The minimum atomic E-state index is -1.61. The number of benzene rings is 2. The molecule has 0 saturated heterocycles. The van der Waals surface area contributed by atoms with Gasteiger partial charge in [0.2, 0.25) is 5.91 Å².